The highest BCUT2D eigenvalue weighted by atomic mass is 16.4. The van der Waals surface area contributed by atoms with Gasteiger partial charge in [-0.3, -0.25) is 24.2 Å². The summed E-state index contributed by atoms with van der Waals surface area (Å²) in [5.41, 5.74) is -0.487. The smallest absolute Gasteiger partial charge is 0.305 e. The molecule has 0 saturated carbocycles. The number of rotatable bonds is 8. The molecule has 3 N–H and O–H groups in total. The van der Waals surface area contributed by atoms with Crippen molar-refractivity contribution in [1.29, 1.82) is 0 Å². The van der Waals surface area contributed by atoms with Gasteiger partial charge in [-0.1, -0.05) is 45.0 Å². The predicted octanol–water partition coefficient (Wildman–Crippen LogP) is 1.53. The number of fused-ring (bicyclic) bond motifs is 1. The third-order valence-corrected chi connectivity index (χ3v) is 6.00. The lowest BCUT2D eigenvalue weighted by atomic mass is 9.85. The van der Waals surface area contributed by atoms with E-state index in [9.17, 15) is 24.0 Å². The summed E-state index contributed by atoms with van der Waals surface area (Å²) in [6, 6.07) is 6.10. The second kappa shape index (κ2) is 10.6. The molecule has 186 valence electrons. The first kappa shape index (κ1) is 25.8. The molecule has 35 heavy (non-hydrogen) atoms. The summed E-state index contributed by atoms with van der Waals surface area (Å²) in [6.07, 6.45) is 2.28. The standard InChI is InChI=1S/C25H30N4O6/c1-25(2,3)21(28-23(34)20-17-8-5-4-7-15(17)10-11-26-20)24(35)29-12-6-9-18(29)22(33)27-16(14-30)13-19(31)32/h4-5,7-8,10-11,14,16,18,21H,6,9,12-13H2,1-3H3,(H,27,33)(H,28,34)(H,31,32)/t16-,18?,21+/m0/s1. The Labute approximate surface area is 203 Å². The second-order valence-electron chi connectivity index (χ2n) is 9.69. The van der Waals surface area contributed by atoms with Gasteiger partial charge in [-0.2, -0.15) is 0 Å². The van der Waals surface area contributed by atoms with Crippen LogP contribution in [0.4, 0.5) is 0 Å². The number of hydrogen-bond donors (Lipinski definition) is 3. The van der Waals surface area contributed by atoms with Crippen LogP contribution in [-0.4, -0.2) is 69.6 Å². The van der Waals surface area contributed by atoms with Crippen molar-refractivity contribution in [3.63, 3.8) is 0 Å². The minimum Gasteiger partial charge on any atom is -0.481 e. The lowest BCUT2D eigenvalue weighted by molar-refractivity contribution is -0.143. The highest BCUT2D eigenvalue weighted by Crippen LogP contribution is 2.27. The molecule has 1 aromatic carbocycles. The molecule has 0 spiro atoms. The van der Waals surface area contributed by atoms with Gasteiger partial charge in [0.15, 0.2) is 0 Å². The van der Waals surface area contributed by atoms with Gasteiger partial charge in [-0.15, -0.1) is 0 Å². The molecule has 3 atom stereocenters. The number of benzene rings is 1. The van der Waals surface area contributed by atoms with E-state index in [4.69, 9.17) is 5.11 Å². The fourth-order valence-electron chi connectivity index (χ4n) is 4.22. The number of carboxylic acid groups (broad SMARTS) is 1. The van der Waals surface area contributed by atoms with Crippen molar-refractivity contribution in [1.82, 2.24) is 20.5 Å². The molecule has 3 amide bonds. The summed E-state index contributed by atoms with van der Waals surface area (Å²) < 4.78 is 0. The van der Waals surface area contributed by atoms with Gasteiger partial charge in [0.25, 0.3) is 5.91 Å². The van der Waals surface area contributed by atoms with Gasteiger partial charge in [0.1, 0.15) is 24.1 Å². The molecule has 0 aliphatic carbocycles. The maximum atomic E-state index is 13.6. The molecular weight excluding hydrogens is 452 g/mol. The second-order valence-corrected chi connectivity index (χ2v) is 9.69. The van der Waals surface area contributed by atoms with Crippen LogP contribution >= 0.6 is 0 Å². The largest absolute Gasteiger partial charge is 0.481 e. The fourth-order valence-corrected chi connectivity index (χ4v) is 4.22. The third-order valence-electron chi connectivity index (χ3n) is 6.00. The molecule has 0 radical (unpaired) electrons. The Morgan fingerprint density at radius 2 is 1.89 bits per heavy atom. The normalized spacial score (nSPS) is 17.5. The molecule has 1 fully saturated rings. The molecule has 10 nitrogen and oxygen atoms in total. The maximum Gasteiger partial charge on any atom is 0.305 e. The zero-order chi connectivity index (χ0) is 25.8. The van der Waals surface area contributed by atoms with E-state index in [1.54, 1.807) is 18.2 Å². The number of aldehydes is 1. The number of hydrogen-bond acceptors (Lipinski definition) is 6. The Morgan fingerprint density at radius 3 is 2.54 bits per heavy atom. The van der Waals surface area contributed by atoms with Crippen molar-refractivity contribution in [3.8, 4) is 0 Å². The van der Waals surface area contributed by atoms with Crippen molar-refractivity contribution in [3.05, 3.63) is 42.2 Å². The average molecular weight is 483 g/mol. The first-order chi connectivity index (χ1) is 16.5. The Hall–Kier alpha value is -3.82. The van der Waals surface area contributed by atoms with Gasteiger partial charge in [-0.05, 0) is 29.7 Å². The van der Waals surface area contributed by atoms with Gasteiger partial charge in [0, 0.05) is 18.1 Å². The summed E-state index contributed by atoms with van der Waals surface area (Å²) in [6.45, 7) is 5.74. The first-order valence-electron chi connectivity index (χ1n) is 11.5. The minimum absolute atomic E-state index is 0.198. The number of aromatic nitrogens is 1. The SMILES string of the molecule is CC(C)(C)[C@H](NC(=O)c1nccc2ccccc12)C(=O)N1CCCC1C(=O)N[C@H](C=O)CC(=O)O. The maximum absolute atomic E-state index is 13.6. The monoisotopic (exact) mass is 482 g/mol. The van der Waals surface area contributed by atoms with Crippen LogP contribution in [0, 0.1) is 5.41 Å². The van der Waals surface area contributed by atoms with Crippen LogP contribution in [0.1, 0.15) is 50.5 Å². The van der Waals surface area contributed by atoms with E-state index in [2.05, 4.69) is 15.6 Å². The van der Waals surface area contributed by atoms with Crippen LogP contribution in [0.25, 0.3) is 10.8 Å². The summed E-state index contributed by atoms with van der Waals surface area (Å²) >= 11 is 0. The van der Waals surface area contributed by atoms with Crippen molar-refractivity contribution < 1.29 is 29.1 Å². The number of pyridine rings is 1. The molecule has 10 heteroatoms. The number of aliphatic carboxylic acids is 1. The van der Waals surface area contributed by atoms with Crippen LogP contribution in [0.2, 0.25) is 0 Å². The lowest BCUT2D eigenvalue weighted by Gasteiger charge is -2.35. The molecule has 1 aliphatic rings. The first-order valence-corrected chi connectivity index (χ1v) is 11.5. The number of nitrogens with one attached hydrogen (secondary N) is 2. The van der Waals surface area contributed by atoms with Gasteiger partial charge in [-0.25, -0.2) is 0 Å². The third kappa shape index (κ3) is 6.00. The Morgan fingerprint density at radius 1 is 1.17 bits per heavy atom. The van der Waals surface area contributed by atoms with Crippen LogP contribution in [-0.2, 0) is 19.2 Å². The molecule has 1 unspecified atom stereocenters. The fraction of sp³-hybridized carbons (Fsp3) is 0.440. The van der Waals surface area contributed by atoms with Crippen LogP contribution in [0.15, 0.2) is 36.5 Å². The molecule has 1 aliphatic heterocycles. The van der Waals surface area contributed by atoms with Crippen molar-refractivity contribution in [2.24, 2.45) is 5.41 Å². The topological polar surface area (TPSA) is 146 Å². The number of carbonyl (C=O) groups is 5. The number of carbonyl (C=O) groups excluding carboxylic acids is 4. The Kier molecular flexibility index (Phi) is 7.83. The number of nitrogens with zero attached hydrogens (tertiary/aromatic N) is 2. The van der Waals surface area contributed by atoms with E-state index < -0.39 is 53.7 Å². The molecule has 0 bridgehead atoms. The highest BCUT2D eigenvalue weighted by molar-refractivity contribution is 6.06. The number of carboxylic acids is 1. The molecule has 3 rings (SSSR count). The summed E-state index contributed by atoms with van der Waals surface area (Å²) in [5.74, 6) is -2.74. The lowest BCUT2D eigenvalue weighted by Crippen LogP contribution is -2.58. The Bertz CT molecular complexity index is 1140. The summed E-state index contributed by atoms with van der Waals surface area (Å²) in [4.78, 5) is 67.4. The minimum atomic E-state index is -1.22. The molecular formula is C25H30N4O6. The van der Waals surface area contributed by atoms with E-state index >= 15 is 0 Å². The van der Waals surface area contributed by atoms with Crippen LogP contribution in [0.3, 0.4) is 0 Å². The predicted molar refractivity (Wildman–Crippen MR) is 127 cm³/mol. The van der Waals surface area contributed by atoms with E-state index in [1.165, 1.54) is 11.1 Å². The molecule has 1 aromatic heterocycles. The van der Waals surface area contributed by atoms with Gasteiger partial charge in [0.2, 0.25) is 11.8 Å². The van der Waals surface area contributed by atoms with Gasteiger partial charge < -0.3 is 25.4 Å². The number of likely N-dealkylation sites (tertiary alicyclic amines) is 1. The zero-order valence-electron chi connectivity index (χ0n) is 20.0. The average Bonchev–Trinajstić information content (AvgIpc) is 3.30. The molecule has 2 heterocycles. The Balaban J connectivity index is 1.81. The van der Waals surface area contributed by atoms with Gasteiger partial charge in [0.05, 0.1) is 12.5 Å². The number of amides is 3. The summed E-state index contributed by atoms with van der Waals surface area (Å²) in [7, 11) is 0. The van der Waals surface area contributed by atoms with Crippen molar-refractivity contribution in [2.75, 3.05) is 6.54 Å². The molecule has 2 aromatic rings. The van der Waals surface area contributed by atoms with Crippen LogP contribution < -0.4 is 10.6 Å². The summed E-state index contributed by atoms with van der Waals surface area (Å²) in [5, 5.41) is 15.6. The van der Waals surface area contributed by atoms with Crippen molar-refractivity contribution in [2.45, 2.75) is 58.2 Å². The van der Waals surface area contributed by atoms with E-state index in [-0.39, 0.29) is 5.69 Å². The quantitative estimate of drug-likeness (QED) is 0.484. The van der Waals surface area contributed by atoms with E-state index in [1.807, 2.05) is 32.9 Å². The van der Waals surface area contributed by atoms with E-state index in [0.717, 1.165) is 5.39 Å². The van der Waals surface area contributed by atoms with Crippen molar-refractivity contribution >= 4 is 40.7 Å². The van der Waals surface area contributed by atoms with Gasteiger partial charge >= 0.3 is 5.97 Å². The zero-order valence-corrected chi connectivity index (χ0v) is 20.0. The van der Waals surface area contributed by atoms with E-state index in [0.29, 0.717) is 31.1 Å². The van der Waals surface area contributed by atoms with Crippen LogP contribution in [0.5, 0.6) is 0 Å². The highest BCUT2D eigenvalue weighted by Gasteiger charge is 2.42. The molecule has 1 saturated heterocycles.